The van der Waals surface area contributed by atoms with Crippen LogP contribution in [0.2, 0.25) is 0 Å². The summed E-state index contributed by atoms with van der Waals surface area (Å²) in [6.45, 7) is 4.32. The minimum absolute atomic E-state index is 0.0299. The Bertz CT molecular complexity index is 871. The minimum Gasteiger partial charge on any atom is -0.462 e. The average molecular weight is 689 g/mol. The average Bonchev–Trinajstić information content (AvgIpc) is 3.01. The van der Waals surface area contributed by atoms with E-state index in [0.29, 0.717) is 17.4 Å². The van der Waals surface area contributed by atoms with Crippen LogP contribution in [-0.2, 0) is 32.7 Å². The number of allylic oxidation sites excluding steroid dienone is 4. The second-order valence-electron chi connectivity index (χ2n) is 13.6. The molecule has 0 aromatic rings. The lowest BCUT2D eigenvalue weighted by molar-refractivity contribution is -0.870. The smallest absolute Gasteiger partial charge is 0.462 e. The third kappa shape index (κ3) is 34.2. The van der Waals surface area contributed by atoms with Gasteiger partial charge < -0.3 is 18.9 Å². The minimum atomic E-state index is -4.36. The maximum Gasteiger partial charge on any atom is 0.472 e. The van der Waals surface area contributed by atoms with Crippen LogP contribution in [0.4, 0.5) is 0 Å². The quantitative estimate of drug-likeness (QED) is 0.0239. The zero-order valence-electron chi connectivity index (χ0n) is 30.8. The molecule has 0 saturated carbocycles. The number of esters is 2. The fourth-order valence-electron chi connectivity index (χ4n) is 4.75. The van der Waals surface area contributed by atoms with E-state index in [2.05, 4.69) is 38.2 Å². The maximum absolute atomic E-state index is 12.6. The van der Waals surface area contributed by atoms with Crippen molar-refractivity contribution in [3.63, 3.8) is 0 Å². The summed E-state index contributed by atoms with van der Waals surface area (Å²) in [7, 11) is 1.46. The molecule has 0 aromatic heterocycles. The van der Waals surface area contributed by atoms with Crippen LogP contribution in [0.15, 0.2) is 24.3 Å². The van der Waals surface area contributed by atoms with Crippen LogP contribution >= 0.6 is 7.82 Å². The largest absolute Gasteiger partial charge is 0.472 e. The first-order valence-electron chi connectivity index (χ1n) is 18.6. The van der Waals surface area contributed by atoms with Gasteiger partial charge in [0, 0.05) is 12.8 Å². The molecule has 1 N–H and O–H groups in total. The number of quaternary nitrogens is 1. The Morgan fingerprint density at radius 3 is 1.72 bits per heavy atom. The molecule has 0 rings (SSSR count). The van der Waals surface area contributed by atoms with Gasteiger partial charge in [-0.15, -0.1) is 0 Å². The zero-order chi connectivity index (χ0) is 35.1. The summed E-state index contributed by atoms with van der Waals surface area (Å²) in [6.07, 6.45) is 29.5. The molecule has 276 valence electrons. The number of rotatable bonds is 33. The van der Waals surface area contributed by atoms with Gasteiger partial charge in [-0.05, 0) is 44.9 Å². The number of ether oxygens (including phenoxy) is 2. The Morgan fingerprint density at radius 2 is 1.15 bits per heavy atom. The molecule has 1 unspecified atom stereocenters. The number of unbranched alkanes of at least 4 members (excludes halogenated alkanes) is 15. The normalized spacial score (nSPS) is 14.1. The molecule has 0 aliphatic rings. The van der Waals surface area contributed by atoms with Crippen molar-refractivity contribution >= 4 is 19.8 Å². The third-order valence-electron chi connectivity index (χ3n) is 7.73. The van der Waals surface area contributed by atoms with Gasteiger partial charge in [0.25, 0.3) is 0 Å². The number of hydrogen-bond acceptors (Lipinski definition) is 7. The van der Waals surface area contributed by atoms with Gasteiger partial charge in [-0.2, -0.15) is 0 Å². The van der Waals surface area contributed by atoms with E-state index < -0.39 is 26.5 Å². The van der Waals surface area contributed by atoms with Crippen molar-refractivity contribution in [1.29, 1.82) is 0 Å². The van der Waals surface area contributed by atoms with Crippen molar-refractivity contribution in [3.05, 3.63) is 24.3 Å². The number of hydrogen-bond donors (Lipinski definition) is 1. The summed E-state index contributed by atoms with van der Waals surface area (Å²) in [5.74, 6) is -0.820. The summed E-state index contributed by atoms with van der Waals surface area (Å²) in [4.78, 5) is 35.0. The molecule has 10 heteroatoms. The molecule has 9 nitrogen and oxygen atoms in total. The number of phosphoric ester groups is 1. The van der Waals surface area contributed by atoms with E-state index in [1.165, 1.54) is 57.8 Å². The molecule has 0 aliphatic heterocycles. The molecule has 0 radical (unpaired) electrons. The van der Waals surface area contributed by atoms with Crippen LogP contribution in [0, 0.1) is 0 Å². The van der Waals surface area contributed by atoms with Gasteiger partial charge >= 0.3 is 19.8 Å². The van der Waals surface area contributed by atoms with Crippen molar-refractivity contribution in [3.8, 4) is 0 Å². The number of carbonyl (C=O) groups is 2. The molecule has 0 fully saturated rings. The molecule has 0 aliphatic carbocycles. The first-order chi connectivity index (χ1) is 22.5. The van der Waals surface area contributed by atoms with Crippen LogP contribution in [0.3, 0.4) is 0 Å². The van der Waals surface area contributed by atoms with Crippen molar-refractivity contribution < 1.29 is 42.1 Å². The molecule has 0 amide bonds. The van der Waals surface area contributed by atoms with E-state index in [4.69, 9.17) is 18.5 Å². The molecule has 0 heterocycles. The summed E-state index contributed by atoms with van der Waals surface area (Å²) in [5.41, 5.74) is 0. The van der Waals surface area contributed by atoms with E-state index >= 15 is 0 Å². The number of likely N-dealkylation sites (N-methyl/N-ethyl adjacent to an activating group) is 1. The Morgan fingerprint density at radius 1 is 0.660 bits per heavy atom. The van der Waals surface area contributed by atoms with Gasteiger partial charge in [0.05, 0.1) is 27.7 Å². The lowest BCUT2D eigenvalue weighted by Crippen LogP contribution is -2.37. The second kappa shape index (κ2) is 30.5. The number of nitrogens with zero attached hydrogens (tertiary/aromatic N) is 1. The topological polar surface area (TPSA) is 108 Å². The van der Waals surface area contributed by atoms with Crippen LogP contribution in [0.1, 0.15) is 149 Å². The molecule has 2 atom stereocenters. The van der Waals surface area contributed by atoms with Gasteiger partial charge in [0.15, 0.2) is 6.10 Å². The van der Waals surface area contributed by atoms with Crippen molar-refractivity contribution in [2.24, 2.45) is 0 Å². The van der Waals surface area contributed by atoms with E-state index in [1.54, 1.807) is 0 Å². The monoisotopic (exact) mass is 688 g/mol. The fraction of sp³-hybridized carbons (Fsp3) is 0.838. The molecule has 0 bridgehead atoms. The zero-order valence-corrected chi connectivity index (χ0v) is 31.7. The number of carbonyl (C=O) groups excluding carboxylic acids is 2. The Labute approximate surface area is 288 Å². The first-order valence-corrected chi connectivity index (χ1v) is 20.1. The number of phosphoric acid groups is 1. The molecule has 0 spiro atoms. The van der Waals surface area contributed by atoms with E-state index in [9.17, 15) is 19.0 Å². The van der Waals surface area contributed by atoms with E-state index in [-0.39, 0.29) is 32.0 Å². The summed E-state index contributed by atoms with van der Waals surface area (Å²) >= 11 is 0. The Kier molecular flexibility index (Phi) is 29.6. The van der Waals surface area contributed by atoms with Gasteiger partial charge in [0.1, 0.15) is 19.8 Å². The molecule has 0 saturated heterocycles. The highest BCUT2D eigenvalue weighted by Crippen LogP contribution is 2.43. The summed E-state index contributed by atoms with van der Waals surface area (Å²) < 4.78 is 34.0. The first kappa shape index (κ1) is 45.5. The fourth-order valence-corrected chi connectivity index (χ4v) is 5.49. The van der Waals surface area contributed by atoms with Crippen LogP contribution in [0.5, 0.6) is 0 Å². The molecular formula is C37H71NO8P+. The summed E-state index contributed by atoms with van der Waals surface area (Å²) in [6, 6.07) is 0. The van der Waals surface area contributed by atoms with Gasteiger partial charge in [-0.3, -0.25) is 18.6 Å². The highest BCUT2D eigenvalue weighted by atomic mass is 31.2. The van der Waals surface area contributed by atoms with Gasteiger partial charge in [-0.1, -0.05) is 115 Å². The van der Waals surface area contributed by atoms with Crippen molar-refractivity contribution in [2.45, 2.75) is 155 Å². The third-order valence-corrected chi connectivity index (χ3v) is 8.72. The molecule has 0 aromatic carbocycles. The van der Waals surface area contributed by atoms with E-state index in [0.717, 1.165) is 57.8 Å². The van der Waals surface area contributed by atoms with Crippen LogP contribution in [-0.4, -0.2) is 74.9 Å². The maximum atomic E-state index is 12.6. The lowest BCUT2D eigenvalue weighted by atomic mass is 10.1. The van der Waals surface area contributed by atoms with Crippen LogP contribution < -0.4 is 0 Å². The van der Waals surface area contributed by atoms with Crippen LogP contribution in [0.25, 0.3) is 0 Å². The Balaban J connectivity index is 4.46. The predicted octanol–water partition coefficient (Wildman–Crippen LogP) is 9.63. The molecule has 47 heavy (non-hydrogen) atoms. The molecular weight excluding hydrogens is 617 g/mol. The van der Waals surface area contributed by atoms with Gasteiger partial charge in [-0.25, -0.2) is 4.57 Å². The highest BCUT2D eigenvalue weighted by Gasteiger charge is 2.27. The summed E-state index contributed by atoms with van der Waals surface area (Å²) in [5, 5.41) is 0. The van der Waals surface area contributed by atoms with Crippen molar-refractivity contribution in [2.75, 3.05) is 47.5 Å². The second-order valence-corrected chi connectivity index (χ2v) is 15.1. The Hall–Kier alpha value is -1.51. The lowest BCUT2D eigenvalue weighted by Gasteiger charge is -2.24. The van der Waals surface area contributed by atoms with E-state index in [1.807, 2.05) is 21.1 Å². The van der Waals surface area contributed by atoms with Gasteiger partial charge in [0.2, 0.25) is 0 Å². The predicted molar refractivity (Wildman–Crippen MR) is 192 cm³/mol. The standard InChI is InChI=1S/C37H70NO8P/c1-6-8-10-12-14-16-17-18-19-20-21-22-24-26-28-30-37(40)46-35(34-45-47(41,42)44-32-31-38(3,4)5)33-43-36(39)29-27-25-23-15-13-11-9-7-2/h14,16,18-19,35H,6-13,15,17,20-34H2,1-5H3/p+1/b16-14+,19-18+/t35-/m1/s1. The van der Waals surface area contributed by atoms with Crippen molar-refractivity contribution in [1.82, 2.24) is 0 Å². The SMILES string of the molecule is CCCCC/C=C/C/C=C/CCCCCCCC(=O)O[C@H](COC(=O)CCCCCCCCCC)COP(=O)(O)OCC[N+](C)(C)C. The highest BCUT2D eigenvalue weighted by molar-refractivity contribution is 7.47.